The highest BCUT2D eigenvalue weighted by Gasteiger charge is 2.07. The van der Waals surface area contributed by atoms with Crippen LogP contribution < -0.4 is 10.6 Å². The second-order valence-electron chi connectivity index (χ2n) is 2.37. The summed E-state index contributed by atoms with van der Waals surface area (Å²) in [7, 11) is 1.74. The summed E-state index contributed by atoms with van der Waals surface area (Å²) in [5.41, 5.74) is 0. The van der Waals surface area contributed by atoms with Gasteiger partial charge in [0.2, 0.25) is 5.91 Å². The van der Waals surface area contributed by atoms with Crippen LogP contribution >= 0.6 is 0 Å². The van der Waals surface area contributed by atoms with Crippen molar-refractivity contribution < 1.29 is 9.90 Å². The molecule has 1 atom stereocenters. The zero-order chi connectivity index (χ0) is 8.69. The van der Waals surface area contributed by atoms with Gasteiger partial charge in [-0.1, -0.05) is 0 Å². The maximum Gasteiger partial charge on any atom is 0.222 e. The zero-order valence-electron chi connectivity index (χ0n) is 7.05. The average Bonchev–Trinajstić information content (AvgIpc) is 1.87. The Morgan fingerprint density at radius 2 is 2.27 bits per heavy atom. The summed E-state index contributed by atoms with van der Waals surface area (Å²) < 4.78 is 0. The fourth-order valence-electron chi connectivity index (χ4n) is 0.791. The third kappa shape index (κ3) is 5.82. The van der Waals surface area contributed by atoms with Crippen molar-refractivity contribution in [2.75, 3.05) is 20.1 Å². The molecule has 0 radical (unpaired) electrons. The van der Waals surface area contributed by atoms with Crippen LogP contribution in [0.1, 0.15) is 13.3 Å². The predicted molar refractivity (Wildman–Crippen MR) is 43.2 cm³/mol. The summed E-state index contributed by atoms with van der Waals surface area (Å²) in [6, 6.07) is 0. The van der Waals surface area contributed by atoms with Gasteiger partial charge in [0.1, 0.15) is 0 Å². The molecule has 0 saturated heterocycles. The Balaban J connectivity index is 3.40. The number of rotatable bonds is 5. The number of amides is 1. The molecule has 0 bridgehead atoms. The number of nitrogens with one attached hydrogen (secondary N) is 2. The second kappa shape index (κ2) is 6.12. The molecule has 0 heterocycles. The minimum Gasteiger partial charge on any atom is -0.391 e. The molecule has 4 nitrogen and oxygen atoms in total. The summed E-state index contributed by atoms with van der Waals surface area (Å²) in [5, 5.41) is 14.5. The van der Waals surface area contributed by atoms with Gasteiger partial charge in [0.05, 0.1) is 12.5 Å². The molecular weight excluding hydrogens is 144 g/mol. The Labute approximate surface area is 67.0 Å². The SMILES string of the molecule is CCNC(=O)CC(O)CNC. The molecule has 0 aliphatic rings. The summed E-state index contributed by atoms with van der Waals surface area (Å²) in [6.45, 7) is 2.92. The van der Waals surface area contributed by atoms with Crippen LogP contribution in [0.4, 0.5) is 0 Å². The van der Waals surface area contributed by atoms with Crippen LogP contribution in [0.25, 0.3) is 0 Å². The Hall–Kier alpha value is -0.610. The smallest absolute Gasteiger partial charge is 0.222 e. The van der Waals surface area contributed by atoms with E-state index in [0.29, 0.717) is 13.1 Å². The molecule has 0 rings (SSSR count). The molecule has 11 heavy (non-hydrogen) atoms. The van der Waals surface area contributed by atoms with Gasteiger partial charge in [-0.15, -0.1) is 0 Å². The third-order valence-electron chi connectivity index (χ3n) is 1.23. The van der Waals surface area contributed by atoms with Crippen molar-refractivity contribution in [3.63, 3.8) is 0 Å². The maximum atomic E-state index is 10.8. The Morgan fingerprint density at radius 3 is 2.73 bits per heavy atom. The molecule has 0 aromatic carbocycles. The molecule has 66 valence electrons. The number of carbonyl (C=O) groups excluding carboxylic acids is 1. The van der Waals surface area contributed by atoms with E-state index in [0.717, 1.165) is 0 Å². The van der Waals surface area contributed by atoms with E-state index in [2.05, 4.69) is 10.6 Å². The van der Waals surface area contributed by atoms with Gasteiger partial charge in [-0.2, -0.15) is 0 Å². The van der Waals surface area contributed by atoms with E-state index in [4.69, 9.17) is 5.11 Å². The number of aliphatic hydroxyl groups excluding tert-OH is 1. The molecule has 3 N–H and O–H groups in total. The molecule has 4 heteroatoms. The molecule has 0 aliphatic carbocycles. The lowest BCUT2D eigenvalue weighted by atomic mass is 10.2. The van der Waals surface area contributed by atoms with Gasteiger partial charge < -0.3 is 15.7 Å². The Morgan fingerprint density at radius 1 is 1.64 bits per heavy atom. The van der Waals surface area contributed by atoms with E-state index >= 15 is 0 Å². The predicted octanol–water partition coefficient (Wildman–Crippen LogP) is -0.907. The van der Waals surface area contributed by atoms with Crippen molar-refractivity contribution in [3.05, 3.63) is 0 Å². The highest BCUT2D eigenvalue weighted by Crippen LogP contribution is 1.88. The third-order valence-corrected chi connectivity index (χ3v) is 1.23. The largest absolute Gasteiger partial charge is 0.391 e. The van der Waals surface area contributed by atoms with E-state index in [1.54, 1.807) is 7.05 Å². The van der Waals surface area contributed by atoms with Crippen molar-refractivity contribution in [1.82, 2.24) is 10.6 Å². The fraction of sp³-hybridized carbons (Fsp3) is 0.857. The van der Waals surface area contributed by atoms with E-state index in [1.807, 2.05) is 6.92 Å². The van der Waals surface area contributed by atoms with E-state index in [9.17, 15) is 4.79 Å². The lowest BCUT2D eigenvalue weighted by Crippen LogP contribution is -2.31. The van der Waals surface area contributed by atoms with E-state index < -0.39 is 6.10 Å². The highest BCUT2D eigenvalue weighted by molar-refractivity contribution is 5.76. The first kappa shape index (κ1) is 10.4. The second-order valence-corrected chi connectivity index (χ2v) is 2.37. The molecule has 0 aromatic rings. The van der Waals surface area contributed by atoms with Crippen LogP contribution in [0, 0.1) is 0 Å². The molecule has 0 aromatic heterocycles. The van der Waals surface area contributed by atoms with Crippen LogP contribution in [0.15, 0.2) is 0 Å². The standard InChI is InChI=1S/C7H16N2O2/c1-3-9-7(11)4-6(10)5-8-2/h6,8,10H,3-5H2,1-2H3,(H,9,11). The summed E-state index contributed by atoms with van der Waals surface area (Å²) in [5.74, 6) is -0.102. The van der Waals surface area contributed by atoms with Crippen molar-refractivity contribution >= 4 is 5.91 Å². The molecule has 0 saturated carbocycles. The quantitative estimate of drug-likeness (QED) is 0.488. The van der Waals surface area contributed by atoms with Crippen molar-refractivity contribution in [1.29, 1.82) is 0 Å². The van der Waals surface area contributed by atoms with Gasteiger partial charge >= 0.3 is 0 Å². The first-order valence-electron chi connectivity index (χ1n) is 3.80. The molecular formula is C7H16N2O2. The average molecular weight is 160 g/mol. The van der Waals surface area contributed by atoms with Crippen LogP contribution in [-0.4, -0.2) is 37.3 Å². The van der Waals surface area contributed by atoms with Gasteiger partial charge in [-0.25, -0.2) is 0 Å². The molecule has 1 amide bonds. The number of likely N-dealkylation sites (N-methyl/N-ethyl adjacent to an activating group) is 1. The fourth-order valence-corrected chi connectivity index (χ4v) is 0.791. The Kier molecular flexibility index (Phi) is 5.78. The molecule has 1 unspecified atom stereocenters. The highest BCUT2D eigenvalue weighted by atomic mass is 16.3. The normalized spacial score (nSPS) is 12.6. The van der Waals surface area contributed by atoms with Gasteiger partial charge in [0, 0.05) is 13.1 Å². The summed E-state index contributed by atoms with van der Waals surface area (Å²) in [6.07, 6.45) is -0.402. The van der Waals surface area contributed by atoms with Gasteiger partial charge in [0.25, 0.3) is 0 Å². The summed E-state index contributed by atoms with van der Waals surface area (Å²) in [4.78, 5) is 10.8. The monoisotopic (exact) mass is 160 g/mol. The zero-order valence-corrected chi connectivity index (χ0v) is 7.05. The molecule has 0 fully saturated rings. The molecule has 0 aliphatic heterocycles. The Bertz CT molecular complexity index is 117. The summed E-state index contributed by atoms with van der Waals surface area (Å²) >= 11 is 0. The lowest BCUT2D eigenvalue weighted by molar-refractivity contribution is -0.122. The van der Waals surface area contributed by atoms with Crippen LogP contribution in [0.5, 0.6) is 0 Å². The van der Waals surface area contributed by atoms with Crippen molar-refractivity contribution in [3.8, 4) is 0 Å². The van der Waals surface area contributed by atoms with Crippen LogP contribution in [-0.2, 0) is 4.79 Å². The number of hydrogen-bond donors (Lipinski definition) is 3. The first-order chi connectivity index (χ1) is 5.20. The minimum atomic E-state index is -0.577. The number of aliphatic hydroxyl groups is 1. The topological polar surface area (TPSA) is 61.4 Å². The van der Waals surface area contributed by atoms with E-state index in [-0.39, 0.29) is 12.3 Å². The maximum absolute atomic E-state index is 10.8. The molecule has 0 spiro atoms. The number of hydrogen-bond acceptors (Lipinski definition) is 3. The van der Waals surface area contributed by atoms with Crippen LogP contribution in [0.3, 0.4) is 0 Å². The lowest BCUT2D eigenvalue weighted by Gasteiger charge is -2.08. The van der Waals surface area contributed by atoms with Gasteiger partial charge in [-0.05, 0) is 14.0 Å². The van der Waals surface area contributed by atoms with Crippen LogP contribution in [0.2, 0.25) is 0 Å². The van der Waals surface area contributed by atoms with Crippen molar-refractivity contribution in [2.24, 2.45) is 0 Å². The van der Waals surface area contributed by atoms with E-state index in [1.165, 1.54) is 0 Å². The first-order valence-corrected chi connectivity index (χ1v) is 3.80. The minimum absolute atomic E-state index is 0.102. The number of carbonyl (C=O) groups is 1. The van der Waals surface area contributed by atoms with Crippen molar-refractivity contribution in [2.45, 2.75) is 19.4 Å². The van der Waals surface area contributed by atoms with Gasteiger partial charge in [0.15, 0.2) is 0 Å². The van der Waals surface area contributed by atoms with Gasteiger partial charge in [-0.3, -0.25) is 4.79 Å².